The van der Waals surface area contributed by atoms with Crippen LogP contribution in [0.15, 0.2) is 42.1 Å². The number of nitrogens with one attached hydrogen (secondary N) is 2. The zero-order valence-electron chi connectivity index (χ0n) is 17.2. The molecular formula is C21H17F6N3O3. The third-order valence-corrected chi connectivity index (χ3v) is 4.66. The molecule has 2 aromatic carbocycles. The van der Waals surface area contributed by atoms with Gasteiger partial charge < -0.3 is 14.8 Å². The molecule has 2 N–H and O–H groups in total. The maximum Gasteiger partial charge on any atom is 0.420 e. The van der Waals surface area contributed by atoms with Crippen LogP contribution in [-0.2, 0) is 12.4 Å². The summed E-state index contributed by atoms with van der Waals surface area (Å²) >= 11 is 0. The summed E-state index contributed by atoms with van der Waals surface area (Å²) in [6.45, 7) is 1.98. The van der Waals surface area contributed by atoms with Crippen molar-refractivity contribution in [2.75, 3.05) is 13.7 Å². The summed E-state index contributed by atoms with van der Waals surface area (Å²) in [5.41, 5.74) is -2.41. The van der Waals surface area contributed by atoms with Crippen LogP contribution in [0.25, 0.3) is 6.08 Å². The number of amides is 2. The molecule has 0 aliphatic carbocycles. The van der Waals surface area contributed by atoms with Gasteiger partial charge in [0.1, 0.15) is 5.75 Å². The topological polar surface area (TPSA) is 74.7 Å². The molecule has 1 aliphatic rings. The van der Waals surface area contributed by atoms with Gasteiger partial charge in [-0.05, 0) is 48.9 Å². The maximum atomic E-state index is 13.4. The summed E-state index contributed by atoms with van der Waals surface area (Å²) in [6, 6.07) is 4.67. The van der Waals surface area contributed by atoms with Crippen LogP contribution in [0.5, 0.6) is 17.2 Å². The van der Waals surface area contributed by atoms with Crippen molar-refractivity contribution < 1.29 is 40.6 Å². The minimum absolute atomic E-state index is 0.0134. The predicted molar refractivity (Wildman–Crippen MR) is 106 cm³/mol. The molecule has 0 aromatic heterocycles. The molecule has 33 heavy (non-hydrogen) atoms. The van der Waals surface area contributed by atoms with E-state index >= 15 is 0 Å². The van der Waals surface area contributed by atoms with Crippen molar-refractivity contribution in [3.63, 3.8) is 0 Å². The maximum absolute atomic E-state index is 13.4. The first-order chi connectivity index (χ1) is 15.3. The van der Waals surface area contributed by atoms with Crippen molar-refractivity contribution in [3.8, 4) is 17.2 Å². The SMILES string of the molecule is CCN1C(=N)/C(=C/c2ccc(Oc3ccc(C(F)(F)F)cc3C(F)(F)F)c(OC)c2)NC1=O. The molecule has 0 unspecified atom stereocenters. The smallest absolute Gasteiger partial charge is 0.420 e. The highest BCUT2D eigenvalue weighted by atomic mass is 19.4. The van der Waals surface area contributed by atoms with E-state index in [2.05, 4.69) is 5.32 Å². The van der Waals surface area contributed by atoms with Gasteiger partial charge in [-0.25, -0.2) is 4.79 Å². The molecule has 2 aromatic rings. The molecule has 0 radical (unpaired) electrons. The number of urea groups is 1. The number of carbonyl (C=O) groups excluding carboxylic acids is 1. The highest BCUT2D eigenvalue weighted by molar-refractivity contribution is 6.15. The van der Waals surface area contributed by atoms with Crippen LogP contribution in [0.4, 0.5) is 31.1 Å². The first-order valence-electron chi connectivity index (χ1n) is 9.38. The fourth-order valence-electron chi connectivity index (χ4n) is 3.06. The van der Waals surface area contributed by atoms with Crippen molar-refractivity contribution in [2.45, 2.75) is 19.3 Å². The first-order valence-corrected chi connectivity index (χ1v) is 9.38. The Labute approximate surface area is 183 Å². The largest absolute Gasteiger partial charge is 0.493 e. The molecule has 1 heterocycles. The van der Waals surface area contributed by atoms with E-state index in [9.17, 15) is 31.1 Å². The lowest BCUT2D eigenvalue weighted by atomic mass is 10.1. The fraction of sp³-hybridized carbons (Fsp3) is 0.238. The van der Waals surface area contributed by atoms with E-state index in [1.807, 2.05) is 0 Å². The van der Waals surface area contributed by atoms with E-state index in [1.165, 1.54) is 36.3 Å². The summed E-state index contributed by atoms with van der Waals surface area (Å²) in [7, 11) is 1.23. The van der Waals surface area contributed by atoms with E-state index in [0.29, 0.717) is 17.7 Å². The number of nitrogens with zero attached hydrogens (tertiary/aromatic N) is 1. The van der Waals surface area contributed by atoms with E-state index in [-0.39, 0.29) is 35.6 Å². The van der Waals surface area contributed by atoms with E-state index in [0.717, 1.165) is 0 Å². The monoisotopic (exact) mass is 473 g/mol. The molecule has 176 valence electrons. The lowest BCUT2D eigenvalue weighted by Gasteiger charge is -2.17. The summed E-state index contributed by atoms with van der Waals surface area (Å²) < 4.78 is 89.1. The standard InChI is InChI=1S/C21H17F6N3O3/c1-3-30-18(28)14(29-19(30)31)8-11-4-6-16(17(9-11)32-2)33-15-7-5-12(20(22,23)24)10-13(15)21(25,26)27/h4-10,28H,3H2,1-2H3,(H,29,31)/b14-8-,28-18?. The summed E-state index contributed by atoms with van der Waals surface area (Å²) in [6.07, 6.45) is -8.59. The van der Waals surface area contributed by atoms with Gasteiger partial charge in [0.05, 0.1) is 23.9 Å². The van der Waals surface area contributed by atoms with Gasteiger partial charge in [0.25, 0.3) is 0 Å². The number of ether oxygens (including phenoxy) is 2. The predicted octanol–water partition coefficient (Wildman–Crippen LogP) is 5.89. The lowest BCUT2D eigenvalue weighted by Crippen LogP contribution is -2.29. The molecule has 0 bridgehead atoms. The van der Waals surface area contributed by atoms with Gasteiger partial charge >= 0.3 is 18.4 Å². The van der Waals surface area contributed by atoms with Crippen LogP contribution in [-0.4, -0.2) is 30.4 Å². The second kappa shape index (κ2) is 8.68. The minimum atomic E-state index is -5.10. The number of rotatable bonds is 5. The summed E-state index contributed by atoms with van der Waals surface area (Å²) in [5, 5.41) is 10.5. The van der Waals surface area contributed by atoms with Crippen LogP contribution in [0.3, 0.4) is 0 Å². The number of halogens is 6. The molecule has 0 saturated carbocycles. The Morgan fingerprint density at radius 1 is 1.00 bits per heavy atom. The second-order valence-corrected chi connectivity index (χ2v) is 6.80. The average molecular weight is 473 g/mol. The molecule has 1 aliphatic heterocycles. The minimum Gasteiger partial charge on any atom is -0.493 e. The number of likely N-dealkylation sites (N-methyl/N-ethyl adjacent to an activating group) is 1. The van der Waals surface area contributed by atoms with E-state index < -0.39 is 35.3 Å². The van der Waals surface area contributed by atoms with Gasteiger partial charge in [-0.1, -0.05) is 6.07 Å². The second-order valence-electron chi connectivity index (χ2n) is 6.80. The molecule has 3 rings (SSSR count). The van der Waals surface area contributed by atoms with Crippen molar-refractivity contribution in [1.82, 2.24) is 10.2 Å². The highest BCUT2D eigenvalue weighted by Gasteiger charge is 2.39. The lowest BCUT2D eigenvalue weighted by molar-refractivity contribution is -0.143. The molecule has 1 saturated heterocycles. The quantitative estimate of drug-likeness (QED) is 0.532. The third kappa shape index (κ3) is 5.04. The number of amidine groups is 1. The van der Waals surface area contributed by atoms with E-state index in [4.69, 9.17) is 14.9 Å². The Balaban J connectivity index is 1.95. The van der Waals surface area contributed by atoms with Crippen molar-refractivity contribution in [1.29, 1.82) is 5.41 Å². The van der Waals surface area contributed by atoms with Crippen LogP contribution in [0.2, 0.25) is 0 Å². The average Bonchev–Trinajstić information content (AvgIpc) is 2.99. The Morgan fingerprint density at radius 3 is 2.21 bits per heavy atom. The molecular weight excluding hydrogens is 456 g/mol. The van der Waals surface area contributed by atoms with Gasteiger partial charge in [0.15, 0.2) is 17.3 Å². The number of carbonyl (C=O) groups is 1. The first kappa shape index (κ1) is 24.0. The third-order valence-electron chi connectivity index (χ3n) is 4.66. The Bertz CT molecular complexity index is 1130. The Kier molecular flexibility index (Phi) is 6.30. The van der Waals surface area contributed by atoms with Gasteiger partial charge in [-0.3, -0.25) is 10.3 Å². The summed E-state index contributed by atoms with van der Waals surface area (Å²) in [4.78, 5) is 13.0. The van der Waals surface area contributed by atoms with Crippen molar-refractivity contribution in [2.24, 2.45) is 0 Å². The van der Waals surface area contributed by atoms with Crippen molar-refractivity contribution in [3.05, 3.63) is 58.8 Å². The van der Waals surface area contributed by atoms with Gasteiger partial charge in [0, 0.05) is 6.54 Å². The molecule has 12 heteroatoms. The van der Waals surface area contributed by atoms with Crippen molar-refractivity contribution >= 4 is 17.9 Å². The van der Waals surface area contributed by atoms with Crippen LogP contribution >= 0.6 is 0 Å². The van der Waals surface area contributed by atoms with Crippen LogP contribution < -0.4 is 14.8 Å². The number of hydrogen-bond donors (Lipinski definition) is 2. The molecule has 2 amide bonds. The van der Waals surface area contributed by atoms with Crippen LogP contribution in [0.1, 0.15) is 23.6 Å². The normalized spacial score (nSPS) is 15.8. The zero-order chi connectivity index (χ0) is 24.6. The number of hydrogen-bond acceptors (Lipinski definition) is 4. The fourth-order valence-corrected chi connectivity index (χ4v) is 3.06. The van der Waals surface area contributed by atoms with Gasteiger partial charge in [-0.15, -0.1) is 0 Å². The molecule has 0 atom stereocenters. The number of methoxy groups -OCH3 is 1. The Hall–Kier alpha value is -3.70. The van der Waals surface area contributed by atoms with Crippen LogP contribution in [0, 0.1) is 5.41 Å². The highest BCUT2D eigenvalue weighted by Crippen LogP contribution is 2.43. The Morgan fingerprint density at radius 2 is 1.67 bits per heavy atom. The molecule has 1 fully saturated rings. The van der Waals surface area contributed by atoms with E-state index in [1.54, 1.807) is 6.92 Å². The summed E-state index contributed by atoms with van der Waals surface area (Å²) in [5.74, 6) is -1.07. The number of benzene rings is 2. The van der Waals surface area contributed by atoms with Gasteiger partial charge in [-0.2, -0.15) is 26.3 Å². The zero-order valence-corrected chi connectivity index (χ0v) is 17.2. The van der Waals surface area contributed by atoms with Gasteiger partial charge in [0.2, 0.25) is 0 Å². The molecule has 0 spiro atoms. The molecule has 6 nitrogen and oxygen atoms in total. The number of alkyl halides is 6.